The van der Waals surface area contributed by atoms with Crippen LogP contribution in [0, 0.1) is 11.3 Å². The van der Waals surface area contributed by atoms with Crippen molar-refractivity contribution in [1.29, 1.82) is 0 Å². The molecule has 0 bridgehead atoms. The van der Waals surface area contributed by atoms with Crippen molar-refractivity contribution in [2.75, 3.05) is 0 Å². The lowest BCUT2D eigenvalue weighted by Gasteiger charge is -2.42. The fourth-order valence-electron chi connectivity index (χ4n) is 4.22. The molecule has 0 aromatic rings. The molecule has 2 aliphatic carbocycles. The molecular weight excluding hydrogens is 272 g/mol. The maximum Gasteiger partial charge on any atom is 0.0822 e. The van der Waals surface area contributed by atoms with Crippen LogP contribution in [-0.2, 0) is 0 Å². The van der Waals surface area contributed by atoms with Gasteiger partial charge < -0.3 is 10.2 Å². The molecule has 0 amide bonds. The highest BCUT2D eigenvalue weighted by atomic mass is 16.3. The van der Waals surface area contributed by atoms with Crippen molar-refractivity contribution < 1.29 is 10.2 Å². The van der Waals surface area contributed by atoms with Crippen LogP contribution in [0.2, 0.25) is 0 Å². The normalized spacial score (nSPS) is 31.8. The molecule has 2 aliphatic rings. The van der Waals surface area contributed by atoms with E-state index in [0.717, 1.165) is 44.9 Å². The zero-order valence-electron chi connectivity index (χ0n) is 13.9. The highest BCUT2D eigenvalue weighted by Gasteiger charge is 2.46. The molecule has 2 N–H and O–H groups in total. The first-order valence-corrected chi connectivity index (χ1v) is 8.73. The van der Waals surface area contributed by atoms with E-state index in [9.17, 15) is 10.2 Å². The Morgan fingerprint density at radius 2 is 2.05 bits per heavy atom. The first-order chi connectivity index (χ1) is 9.95. The van der Waals surface area contributed by atoms with Crippen LogP contribution < -0.4 is 0 Å². The van der Waals surface area contributed by atoms with Gasteiger partial charge in [0.25, 0.3) is 0 Å². The summed E-state index contributed by atoms with van der Waals surface area (Å²) in [6.45, 7) is 6.40. The highest BCUT2D eigenvalue weighted by molar-refractivity contribution is 5.24. The van der Waals surface area contributed by atoms with Gasteiger partial charge in [0.2, 0.25) is 0 Å². The Morgan fingerprint density at radius 3 is 2.68 bits per heavy atom. The Bertz CT molecular complexity index is 406. The van der Waals surface area contributed by atoms with Crippen LogP contribution in [0.4, 0.5) is 0 Å². The van der Waals surface area contributed by atoms with Gasteiger partial charge in [-0.2, -0.15) is 0 Å². The molecular formula is C20H36O2. The van der Waals surface area contributed by atoms with Crippen LogP contribution in [0.25, 0.3) is 0 Å². The second kappa shape index (κ2) is 7.79. The van der Waals surface area contributed by atoms with Crippen LogP contribution >= 0.6 is 0 Å². The molecule has 128 valence electrons. The summed E-state index contributed by atoms with van der Waals surface area (Å²) in [5, 5.41) is 20.5. The molecule has 1 saturated carbocycles. The number of rotatable bonds is 6. The Kier molecular flexibility index (Phi) is 6.88. The lowest BCUT2D eigenvalue weighted by Crippen LogP contribution is -2.38. The molecule has 0 aliphatic heterocycles. The number of aliphatic hydroxyl groups is 2. The van der Waals surface area contributed by atoms with Crippen molar-refractivity contribution in [2.24, 2.45) is 11.3 Å². The predicted molar refractivity (Wildman–Crippen MR) is 94.8 cm³/mol. The van der Waals surface area contributed by atoms with E-state index < -0.39 is 5.60 Å². The topological polar surface area (TPSA) is 40.5 Å². The van der Waals surface area contributed by atoms with Crippen molar-refractivity contribution in [1.82, 2.24) is 0 Å². The van der Waals surface area contributed by atoms with Crippen molar-refractivity contribution >= 4 is 0 Å². The first kappa shape index (κ1) is 19.4. The summed E-state index contributed by atoms with van der Waals surface area (Å²) in [6, 6.07) is 0. The third kappa shape index (κ3) is 3.83. The molecule has 2 nitrogen and oxygen atoms in total. The van der Waals surface area contributed by atoms with Gasteiger partial charge in [-0.1, -0.05) is 52.0 Å². The number of hydrogen-bond donors (Lipinski definition) is 2. The molecule has 0 saturated heterocycles. The summed E-state index contributed by atoms with van der Waals surface area (Å²) >= 11 is 0. The van der Waals surface area contributed by atoms with E-state index in [1.807, 2.05) is 19.9 Å². The molecule has 2 rings (SSSR count). The predicted octanol–water partition coefficient (Wildman–Crippen LogP) is 5.01. The fourth-order valence-corrected chi connectivity index (χ4v) is 4.22. The SMILES string of the molecule is C.CCC(O)(/C=C/CCC1=CCC2[C@@H](O)CCC[C@]12C)CC. The molecule has 1 unspecified atom stereocenters. The van der Waals surface area contributed by atoms with Crippen LogP contribution in [0.15, 0.2) is 23.8 Å². The quantitative estimate of drug-likeness (QED) is 0.677. The number of fused-ring (bicyclic) bond motifs is 1. The lowest BCUT2D eigenvalue weighted by molar-refractivity contribution is 0.0101. The third-order valence-corrected chi connectivity index (χ3v) is 6.06. The maximum atomic E-state index is 10.3. The minimum absolute atomic E-state index is 0. The molecule has 0 aromatic carbocycles. The van der Waals surface area contributed by atoms with Crippen LogP contribution in [0.1, 0.15) is 79.6 Å². The van der Waals surface area contributed by atoms with Gasteiger partial charge in [0.15, 0.2) is 0 Å². The van der Waals surface area contributed by atoms with E-state index in [1.54, 1.807) is 0 Å². The van der Waals surface area contributed by atoms with Crippen molar-refractivity contribution in [3.63, 3.8) is 0 Å². The zero-order chi connectivity index (χ0) is 15.5. The summed E-state index contributed by atoms with van der Waals surface area (Å²) < 4.78 is 0. The Balaban J connectivity index is 0.00000242. The highest BCUT2D eigenvalue weighted by Crippen LogP contribution is 2.53. The summed E-state index contributed by atoms with van der Waals surface area (Å²) in [6.07, 6.45) is 14.4. The van der Waals surface area contributed by atoms with Gasteiger partial charge in [-0.3, -0.25) is 0 Å². The molecule has 3 atom stereocenters. The zero-order valence-corrected chi connectivity index (χ0v) is 13.9. The summed E-state index contributed by atoms with van der Waals surface area (Å²) in [5.41, 5.74) is 1.13. The number of aliphatic hydroxyl groups excluding tert-OH is 1. The third-order valence-electron chi connectivity index (χ3n) is 6.06. The van der Waals surface area contributed by atoms with Gasteiger partial charge in [-0.05, 0) is 62.7 Å². The van der Waals surface area contributed by atoms with Gasteiger partial charge in [0.1, 0.15) is 0 Å². The number of hydrogen-bond acceptors (Lipinski definition) is 2. The molecule has 2 heteroatoms. The molecule has 0 radical (unpaired) electrons. The molecule has 0 heterocycles. The van der Waals surface area contributed by atoms with Crippen molar-refractivity contribution in [3.05, 3.63) is 23.8 Å². The average Bonchev–Trinajstić information content (AvgIpc) is 2.81. The van der Waals surface area contributed by atoms with E-state index >= 15 is 0 Å². The summed E-state index contributed by atoms with van der Waals surface area (Å²) in [7, 11) is 0. The van der Waals surface area contributed by atoms with Crippen molar-refractivity contribution in [2.45, 2.75) is 91.3 Å². The molecule has 0 aromatic heterocycles. The lowest BCUT2D eigenvalue weighted by atomic mass is 9.64. The van der Waals surface area contributed by atoms with E-state index in [2.05, 4.69) is 19.1 Å². The minimum Gasteiger partial charge on any atom is -0.393 e. The van der Waals surface area contributed by atoms with Gasteiger partial charge in [0, 0.05) is 0 Å². The number of allylic oxidation sites excluding steroid dienone is 3. The first-order valence-electron chi connectivity index (χ1n) is 8.73. The Morgan fingerprint density at radius 1 is 1.36 bits per heavy atom. The smallest absolute Gasteiger partial charge is 0.0822 e. The maximum absolute atomic E-state index is 10.3. The van der Waals surface area contributed by atoms with E-state index in [1.165, 1.54) is 12.0 Å². The largest absolute Gasteiger partial charge is 0.393 e. The summed E-state index contributed by atoms with van der Waals surface area (Å²) in [4.78, 5) is 0. The average molecular weight is 309 g/mol. The van der Waals surface area contributed by atoms with Gasteiger partial charge in [-0.25, -0.2) is 0 Å². The Labute approximate surface area is 137 Å². The van der Waals surface area contributed by atoms with Crippen LogP contribution in [0.5, 0.6) is 0 Å². The van der Waals surface area contributed by atoms with E-state index in [4.69, 9.17) is 0 Å². The van der Waals surface area contributed by atoms with Crippen molar-refractivity contribution in [3.8, 4) is 0 Å². The van der Waals surface area contributed by atoms with Crippen LogP contribution in [-0.4, -0.2) is 21.9 Å². The Hall–Kier alpha value is -0.600. The van der Waals surface area contributed by atoms with E-state index in [0.29, 0.717) is 5.92 Å². The van der Waals surface area contributed by atoms with Gasteiger partial charge in [0.05, 0.1) is 11.7 Å². The van der Waals surface area contributed by atoms with Gasteiger partial charge in [-0.15, -0.1) is 0 Å². The van der Waals surface area contributed by atoms with Gasteiger partial charge >= 0.3 is 0 Å². The molecule has 1 fully saturated rings. The van der Waals surface area contributed by atoms with E-state index in [-0.39, 0.29) is 18.9 Å². The van der Waals surface area contributed by atoms with Crippen LogP contribution in [0.3, 0.4) is 0 Å². The monoisotopic (exact) mass is 308 g/mol. The molecule has 0 spiro atoms. The second-order valence-corrected chi connectivity index (χ2v) is 7.20. The fraction of sp³-hybridized carbons (Fsp3) is 0.800. The summed E-state index contributed by atoms with van der Waals surface area (Å²) in [5.74, 6) is 0.438. The standard InChI is InChI=1S/C19H32O2.CH4/c1-4-19(21,5-2)14-7-6-9-15-11-12-16-17(20)10-8-13-18(15,16)3;/h7,11,14,16-17,20-21H,4-6,8-10,12-13H2,1-3H3;1H4/b14-7+;/t16?,17-,18+;/m0./s1. The second-order valence-electron chi connectivity index (χ2n) is 7.20. The minimum atomic E-state index is -0.627. The molecule has 22 heavy (non-hydrogen) atoms.